The van der Waals surface area contributed by atoms with Crippen molar-refractivity contribution in [1.29, 1.82) is 0 Å². The molecule has 0 radical (unpaired) electrons. The fraction of sp³-hybridized carbons (Fsp3) is 0.0625. The van der Waals surface area contributed by atoms with Gasteiger partial charge in [-0.1, -0.05) is 60.2 Å². The number of rotatable bonds is 3. The Hall–Kier alpha value is -2.35. The molecule has 0 unspecified atom stereocenters. The summed E-state index contributed by atoms with van der Waals surface area (Å²) < 4.78 is 0. The van der Waals surface area contributed by atoms with Crippen LogP contribution >= 0.6 is 0 Å². The molecule has 2 aromatic rings. The molecule has 0 aliphatic carbocycles. The van der Waals surface area contributed by atoms with Gasteiger partial charge in [0.25, 0.3) is 0 Å². The van der Waals surface area contributed by atoms with E-state index < -0.39 is 5.91 Å². The van der Waals surface area contributed by atoms with Crippen molar-refractivity contribution in [3.63, 3.8) is 0 Å². The van der Waals surface area contributed by atoms with E-state index >= 15 is 0 Å². The van der Waals surface area contributed by atoms with E-state index in [1.165, 1.54) is 5.56 Å². The summed E-state index contributed by atoms with van der Waals surface area (Å²) in [6.45, 7) is 2.03. The number of nitrogens with two attached hydrogens (primary N) is 1. The number of primary amides is 1. The molecular formula is C16H15NO. The zero-order valence-corrected chi connectivity index (χ0v) is 10.3. The highest BCUT2D eigenvalue weighted by Gasteiger charge is 2.07. The van der Waals surface area contributed by atoms with Crippen LogP contribution in [-0.2, 0) is 4.79 Å². The van der Waals surface area contributed by atoms with Crippen molar-refractivity contribution in [2.75, 3.05) is 0 Å². The second-order valence-electron chi connectivity index (χ2n) is 4.20. The summed E-state index contributed by atoms with van der Waals surface area (Å²) in [5.41, 5.74) is 8.96. The van der Waals surface area contributed by atoms with E-state index in [1.807, 2.05) is 67.6 Å². The summed E-state index contributed by atoms with van der Waals surface area (Å²) in [6, 6.07) is 17.4. The SMILES string of the molecule is Cc1ccc(/C=C(\C(N)=O)c2ccccc2)cc1. The lowest BCUT2D eigenvalue weighted by Gasteiger charge is -2.04. The van der Waals surface area contributed by atoms with E-state index in [4.69, 9.17) is 5.73 Å². The van der Waals surface area contributed by atoms with Gasteiger partial charge in [0.1, 0.15) is 0 Å². The van der Waals surface area contributed by atoms with Crippen LogP contribution in [0.25, 0.3) is 11.6 Å². The summed E-state index contributed by atoms with van der Waals surface area (Å²) in [4.78, 5) is 11.5. The molecule has 2 aromatic carbocycles. The first-order valence-corrected chi connectivity index (χ1v) is 5.80. The molecule has 90 valence electrons. The van der Waals surface area contributed by atoms with Gasteiger partial charge in [-0.05, 0) is 24.1 Å². The molecule has 0 spiro atoms. The number of benzene rings is 2. The van der Waals surface area contributed by atoms with E-state index in [9.17, 15) is 4.79 Å². The molecule has 2 N–H and O–H groups in total. The van der Waals surface area contributed by atoms with E-state index in [2.05, 4.69) is 0 Å². The molecule has 0 fully saturated rings. The van der Waals surface area contributed by atoms with Crippen LogP contribution in [0.1, 0.15) is 16.7 Å². The molecule has 0 saturated heterocycles. The molecule has 0 heterocycles. The third-order valence-corrected chi connectivity index (χ3v) is 2.74. The maximum absolute atomic E-state index is 11.5. The van der Waals surface area contributed by atoms with Gasteiger partial charge < -0.3 is 5.73 Å². The van der Waals surface area contributed by atoms with Gasteiger partial charge in [0.05, 0.1) is 0 Å². The zero-order valence-electron chi connectivity index (χ0n) is 10.3. The van der Waals surface area contributed by atoms with Crippen molar-refractivity contribution in [2.24, 2.45) is 5.73 Å². The van der Waals surface area contributed by atoms with E-state index in [0.29, 0.717) is 5.57 Å². The Bertz CT molecular complexity index is 568. The quantitative estimate of drug-likeness (QED) is 0.647. The highest BCUT2D eigenvalue weighted by molar-refractivity contribution is 6.23. The highest BCUT2D eigenvalue weighted by Crippen LogP contribution is 2.18. The van der Waals surface area contributed by atoms with E-state index in [-0.39, 0.29) is 0 Å². The summed E-state index contributed by atoms with van der Waals surface area (Å²) in [5, 5.41) is 0. The Morgan fingerprint density at radius 2 is 1.61 bits per heavy atom. The van der Waals surface area contributed by atoms with Crippen LogP contribution in [0.3, 0.4) is 0 Å². The van der Waals surface area contributed by atoms with Crippen LogP contribution in [0.4, 0.5) is 0 Å². The van der Waals surface area contributed by atoms with E-state index in [0.717, 1.165) is 11.1 Å². The number of hydrogen-bond donors (Lipinski definition) is 1. The minimum Gasteiger partial charge on any atom is -0.366 e. The Kier molecular flexibility index (Phi) is 3.58. The van der Waals surface area contributed by atoms with Crippen molar-refractivity contribution >= 4 is 17.6 Å². The summed E-state index contributed by atoms with van der Waals surface area (Å²) in [5.74, 6) is -0.415. The second-order valence-corrected chi connectivity index (χ2v) is 4.20. The molecule has 0 aromatic heterocycles. The van der Waals surface area contributed by atoms with Crippen molar-refractivity contribution in [2.45, 2.75) is 6.92 Å². The number of carbonyl (C=O) groups excluding carboxylic acids is 1. The maximum atomic E-state index is 11.5. The molecule has 18 heavy (non-hydrogen) atoms. The average Bonchev–Trinajstić information content (AvgIpc) is 2.38. The van der Waals surface area contributed by atoms with Gasteiger partial charge in [0, 0.05) is 5.57 Å². The molecule has 1 amide bonds. The lowest BCUT2D eigenvalue weighted by Crippen LogP contribution is -2.12. The summed E-state index contributed by atoms with van der Waals surface area (Å²) in [7, 11) is 0. The third kappa shape index (κ3) is 2.86. The van der Waals surface area contributed by atoms with Crippen molar-refractivity contribution in [3.05, 3.63) is 71.3 Å². The first-order chi connectivity index (χ1) is 8.66. The van der Waals surface area contributed by atoms with Gasteiger partial charge in [-0.25, -0.2) is 0 Å². The van der Waals surface area contributed by atoms with E-state index in [1.54, 1.807) is 0 Å². The largest absolute Gasteiger partial charge is 0.366 e. The lowest BCUT2D eigenvalue weighted by molar-refractivity contribution is -0.112. The minimum absolute atomic E-state index is 0.415. The predicted octanol–water partition coefficient (Wildman–Crippen LogP) is 3.02. The van der Waals surface area contributed by atoms with Gasteiger partial charge in [0.2, 0.25) is 5.91 Å². The Balaban J connectivity index is 2.43. The topological polar surface area (TPSA) is 43.1 Å². The molecule has 0 aliphatic heterocycles. The predicted molar refractivity (Wildman–Crippen MR) is 74.7 cm³/mol. The average molecular weight is 237 g/mol. The maximum Gasteiger partial charge on any atom is 0.249 e. The second kappa shape index (κ2) is 5.32. The Labute approximate surface area is 107 Å². The fourth-order valence-corrected chi connectivity index (χ4v) is 1.74. The van der Waals surface area contributed by atoms with Gasteiger partial charge in [-0.3, -0.25) is 4.79 Å². The monoisotopic (exact) mass is 237 g/mol. The first-order valence-electron chi connectivity index (χ1n) is 5.80. The van der Waals surface area contributed by atoms with Gasteiger partial charge in [0.15, 0.2) is 0 Å². The van der Waals surface area contributed by atoms with Crippen LogP contribution in [0.5, 0.6) is 0 Å². The molecule has 2 heteroatoms. The molecule has 0 bridgehead atoms. The van der Waals surface area contributed by atoms with Crippen LogP contribution in [0.2, 0.25) is 0 Å². The van der Waals surface area contributed by atoms with Crippen molar-refractivity contribution < 1.29 is 4.79 Å². The molecule has 2 rings (SSSR count). The number of hydrogen-bond acceptors (Lipinski definition) is 1. The smallest absolute Gasteiger partial charge is 0.249 e. The van der Waals surface area contributed by atoms with Crippen LogP contribution in [-0.4, -0.2) is 5.91 Å². The van der Waals surface area contributed by atoms with Gasteiger partial charge >= 0.3 is 0 Å². The Morgan fingerprint density at radius 1 is 1.00 bits per heavy atom. The van der Waals surface area contributed by atoms with Crippen LogP contribution in [0.15, 0.2) is 54.6 Å². The first kappa shape index (κ1) is 12.1. The highest BCUT2D eigenvalue weighted by atomic mass is 16.1. The van der Waals surface area contributed by atoms with Crippen LogP contribution in [0, 0.1) is 6.92 Å². The van der Waals surface area contributed by atoms with Crippen molar-refractivity contribution in [1.82, 2.24) is 0 Å². The molecule has 0 saturated carbocycles. The molecule has 0 atom stereocenters. The number of amides is 1. The minimum atomic E-state index is -0.415. The normalized spacial score (nSPS) is 11.3. The summed E-state index contributed by atoms with van der Waals surface area (Å²) in [6.07, 6.45) is 1.82. The lowest BCUT2D eigenvalue weighted by atomic mass is 10.0. The molecule has 0 aliphatic rings. The standard InChI is InChI=1S/C16H15NO/c1-12-7-9-13(10-8-12)11-15(16(17)18)14-5-3-2-4-6-14/h2-11H,1H3,(H2,17,18)/b15-11-. The number of aryl methyl sites for hydroxylation is 1. The molecule has 2 nitrogen and oxygen atoms in total. The number of carbonyl (C=O) groups is 1. The summed E-state index contributed by atoms with van der Waals surface area (Å²) >= 11 is 0. The Morgan fingerprint density at radius 3 is 2.17 bits per heavy atom. The van der Waals surface area contributed by atoms with Crippen molar-refractivity contribution in [3.8, 4) is 0 Å². The van der Waals surface area contributed by atoms with Gasteiger partial charge in [-0.2, -0.15) is 0 Å². The molecular weight excluding hydrogens is 222 g/mol. The zero-order chi connectivity index (χ0) is 13.0. The fourth-order valence-electron chi connectivity index (χ4n) is 1.74. The third-order valence-electron chi connectivity index (χ3n) is 2.74. The van der Waals surface area contributed by atoms with Crippen LogP contribution < -0.4 is 5.73 Å². The van der Waals surface area contributed by atoms with Gasteiger partial charge in [-0.15, -0.1) is 0 Å².